The van der Waals surface area contributed by atoms with Gasteiger partial charge >= 0.3 is 0 Å². The fourth-order valence-electron chi connectivity index (χ4n) is 5.11. The summed E-state index contributed by atoms with van der Waals surface area (Å²) in [6, 6.07) is 15.7. The Morgan fingerprint density at radius 2 is 1.34 bits per heavy atom. The smallest absolute Gasteiger partial charge is 0.166 e. The molecule has 0 aliphatic carbocycles. The van der Waals surface area contributed by atoms with Gasteiger partial charge in [0.25, 0.3) is 0 Å². The summed E-state index contributed by atoms with van der Waals surface area (Å²) in [4.78, 5) is 0. The van der Waals surface area contributed by atoms with Gasteiger partial charge in [0.15, 0.2) is 17.9 Å². The highest BCUT2D eigenvalue weighted by molar-refractivity contribution is 5.71. The summed E-state index contributed by atoms with van der Waals surface area (Å²) in [5, 5.41) is 0. The van der Waals surface area contributed by atoms with E-state index in [4.69, 9.17) is 9.47 Å². The average molecular weight is 525 g/mol. The Balaban J connectivity index is 1.40. The van der Waals surface area contributed by atoms with Gasteiger partial charge in [-0.15, -0.1) is 0 Å². The summed E-state index contributed by atoms with van der Waals surface area (Å²) >= 11 is 0. The Hall–Kier alpha value is -2.63. The van der Waals surface area contributed by atoms with Gasteiger partial charge in [0.1, 0.15) is 5.82 Å². The van der Waals surface area contributed by atoms with E-state index in [-0.39, 0.29) is 23.6 Å². The molecule has 1 saturated heterocycles. The highest BCUT2D eigenvalue weighted by atomic mass is 19.2. The zero-order valence-corrected chi connectivity index (χ0v) is 22.6. The molecule has 3 aromatic carbocycles. The molecule has 5 heteroatoms. The quantitative estimate of drug-likeness (QED) is 0.220. The first-order valence-corrected chi connectivity index (χ1v) is 14.1. The molecule has 4 rings (SSSR count). The second-order valence-corrected chi connectivity index (χ2v) is 10.3. The molecule has 2 nitrogen and oxygen atoms in total. The molecule has 0 saturated carbocycles. The fourth-order valence-corrected chi connectivity index (χ4v) is 5.11. The van der Waals surface area contributed by atoms with Crippen molar-refractivity contribution in [1.82, 2.24) is 0 Å². The van der Waals surface area contributed by atoms with E-state index in [1.165, 1.54) is 25.3 Å². The van der Waals surface area contributed by atoms with Crippen LogP contribution in [0.3, 0.4) is 0 Å². The van der Waals surface area contributed by atoms with Crippen molar-refractivity contribution < 1.29 is 22.6 Å². The number of hydrogen-bond donors (Lipinski definition) is 0. The zero-order chi connectivity index (χ0) is 26.9. The summed E-state index contributed by atoms with van der Waals surface area (Å²) in [7, 11) is 0. The first-order valence-electron chi connectivity index (χ1n) is 14.1. The molecule has 0 amide bonds. The predicted molar refractivity (Wildman–Crippen MR) is 148 cm³/mol. The van der Waals surface area contributed by atoms with Crippen molar-refractivity contribution in [1.29, 1.82) is 0 Å². The molecule has 0 spiro atoms. The van der Waals surface area contributed by atoms with Gasteiger partial charge in [0, 0.05) is 11.5 Å². The molecule has 204 valence electrons. The lowest BCUT2D eigenvalue weighted by Crippen LogP contribution is -2.31. The van der Waals surface area contributed by atoms with E-state index in [2.05, 4.69) is 13.8 Å². The Labute approximate surface area is 225 Å². The highest BCUT2D eigenvalue weighted by Gasteiger charge is 2.25. The van der Waals surface area contributed by atoms with Gasteiger partial charge < -0.3 is 9.47 Å². The number of aryl methyl sites for hydroxylation is 1. The van der Waals surface area contributed by atoms with Crippen LogP contribution in [0.5, 0.6) is 0 Å². The largest absolute Gasteiger partial charge is 0.352 e. The van der Waals surface area contributed by atoms with Crippen molar-refractivity contribution in [2.24, 2.45) is 0 Å². The van der Waals surface area contributed by atoms with E-state index in [9.17, 15) is 8.78 Å². The van der Waals surface area contributed by atoms with E-state index in [1.807, 2.05) is 18.2 Å². The van der Waals surface area contributed by atoms with Gasteiger partial charge in [-0.05, 0) is 53.1 Å². The number of rotatable bonds is 12. The summed E-state index contributed by atoms with van der Waals surface area (Å²) in [6.45, 7) is 5.13. The van der Waals surface area contributed by atoms with E-state index >= 15 is 4.39 Å². The van der Waals surface area contributed by atoms with Crippen molar-refractivity contribution in [3.05, 3.63) is 83.2 Å². The minimum Gasteiger partial charge on any atom is -0.352 e. The van der Waals surface area contributed by atoms with Gasteiger partial charge in [0.05, 0.1) is 13.2 Å². The van der Waals surface area contributed by atoms with Crippen LogP contribution in [0, 0.1) is 17.5 Å². The second kappa shape index (κ2) is 14.0. The van der Waals surface area contributed by atoms with Crippen molar-refractivity contribution in [3.63, 3.8) is 0 Å². The number of unbranched alkanes of at least 4 members (excludes halogenated alkanes) is 5. The highest BCUT2D eigenvalue weighted by Crippen LogP contribution is 2.32. The lowest BCUT2D eigenvalue weighted by Gasteiger charge is -2.29. The van der Waals surface area contributed by atoms with Crippen LogP contribution in [0.4, 0.5) is 13.2 Å². The minimum atomic E-state index is -0.810. The lowest BCUT2D eigenvalue weighted by molar-refractivity contribution is -0.190. The Bertz CT molecular complexity index is 1170. The Morgan fingerprint density at radius 3 is 2.03 bits per heavy atom. The first kappa shape index (κ1) is 28.4. The maximum atomic E-state index is 15.0. The number of halogens is 3. The van der Waals surface area contributed by atoms with Crippen molar-refractivity contribution in [2.75, 3.05) is 13.2 Å². The number of benzene rings is 3. The van der Waals surface area contributed by atoms with Crippen molar-refractivity contribution >= 4 is 0 Å². The van der Waals surface area contributed by atoms with Crippen LogP contribution >= 0.6 is 0 Å². The molecule has 0 unspecified atom stereocenters. The fraction of sp³-hybridized carbons (Fsp3) is 0.455. The number of hydrogen-bond acceptors (Lipinski definition) is 2. The molecule has 1 aliphatic heterocycles. The molecule has 1 aliphatic rings. The third-order valence-corrected chi connectivity index (χ3v) is 7.42. The van der Waals surface area contributed by atoms with Gasteiger partial charge in [-0.2, -0.15) is 0 Å². The molecule has 1 fully saturated rings. The minimum absolute atomic E-state index is 0.138. The van der Waals surface area contributed by atoms with Crippen LogP contribution in [0.15, 0.2) is 54.6 Å². The van der Waals surface area contributed by atoms with Crippen LogP contribution in [-0.4, -0.2) is 19.5 Å². The first-order chi connectivity index (χ1) is 18.5. The van der Waals surface area contributed by atoms with E-state index in [0.717, 1.165) is 43.2 Å². The molecular formula is C33H39F3O2. The van der Waals surface area contributed by atoms with Crippen LogP contribution in [-0.2, 0) is 15.9 Å². The molecular weight excluding hydrogens is 485 g/mol. The van der Waals surface area contributed by atoms with Crippen LogP contribution < -0.4 is 0 Å². The molecule has 0 radical (unpaired) electrons. The van der Waals surface area contributed by atoms with E-state index in [1.54, 1.807) is 30.3 Å². The van der Waals surface area contributed by atoms with E-state index < -0.39 is 11.6 Å². The summed E-state index contributed by atoms with van der Waals surface area (Å²) in [6.07, 6.45) is 8.81. The van der Waals surface area contributed by atoms with Gasteiger partial charge in [0.2, 0.25) is 0 Å². The third-order valence-electron chi connectivity index (χ3n) is 7.42. The maximum Gasteiger partial charge on any atom is 0.166 e. The summed E-state index contributed by atoms with van der Waals surface area (Å²) in [5.74, 6) is -2.00. The summed E-state index contributed by atoms with van der Waals surface area (Å²) < 4.78 is 56.2. The van der Waals surface area contributed by atoms with Gasteiger partial charge in [-0.3, -0.25) is 0 Å². The third kappa shape index (κ3) is 7.06. The van der Waals surface area contributed by atoms with Crippen molar-refractivity contribution in [3.8, 4) is 22.3 Å². The maximum absolute atomic E-state index is 15.0. The monoisotopic (exact) mass is 524 g/mol. The SMILES string of the molecule is CCCCCCCCc1ccc(-c2ccc(-c3ccc(C4COC(CCC)OC4)c(F)c3)cc2)c(F)c1F. The topological polar surface area (TPSA) is 18.5 Å². The lowest BCUT2D eigenvalue weighted by atomic mass is 9.94. The van der Waals surface area contributed by atoms with Crippen LogP contribution in [0.2, 0.25) is 0 Å². The van der Waals surface area contributed by atoms with Crippen molar-refractivity contribution in [2.45, 2.75) is 83.8 Å². The average Bonchev–Trinajstić information content (AvgIpc) is 2.94. The van der Waals surface area contributed by atoms with Gasteiger partial charge in [-0.25, -0.2) is 13.2 Å². The molecule has 1 heterocycles. The Kier molecular flexibility index (Phi) is 10.4. The zero-order valence-electron chi connectivity index (χ0n) is 22.6. The summed E-state index contributed by atoms with van der Waals surface area (Å²) in [5.41, 5.74) is 3.37. The van der Waals surface area contributed by atoms with Crippen LogP contribution in [0.25, 0.3) is 22.3 Å². The molecule has 3 aromatic rings. The molecule has 38 heavy (non-hydrogen) atoms. The molecule has 0 atom stereocenters. The number of ether oxygens (including phenoxy) is 2. The van der Waals surface area contributed by atoms with E-state index in [0.29, 0.717) is 36.3 Å². The predicted octanol–water partition coefficient (Wildman–Crippen LogP) is 9.60. The molecule has 0 bridgehead atoms. The van der Waals surface area contributed by atoms with Gasteiger partial charge in [-0.1, -0.05) is 101 Å². The second-order valence-electron chi connectivity index (χ2n) is 10.3. The normalized spacial score (nSPS) is 17.6. The standard InChI is InChI=1S/C33H39F3O2/c1-3-5-6-7-8-9-11-25-16-19-29(33(36)32(25)35)24-14-12-23(13-15-24)26-17-18-28(30(34)20-26)27-21-37-31(10-4-2)38-22-27/h12-20,27,31H,3-11,21-22H2,1-2H3. The molecule has 0 N–H and O–H groups in total. The molecule has 0 aromatic heterocycles. The Morgan fingerprint density at radius 1 is 0.684 bits per heavy atom. The van der Waals surface area contributed by atoms with Crippen LogP contribution in [0.1, 0.15) is 82.3 Å².